The summed E-state index contributed by atoms with van der Waals surface area (Å²) in [7, 11) is 0. The molecule has 2 nitrogen and oxygen atoms in total. The summed E-state index contributed by atoms with van der Waals surface area (Å²) in [5.41, 5.74) is -0.288. The third kappa shape index (κ3) is 2.29. The Hall–Kier alpha value is -0.370. The van der Waals surface area contributed by atoms with Gasteiger partial charge < -0.3 is 0 Å². The molecule has 0 saturated heterocycles. The van der Waals surface area contributed by atoms with Crippen LogP contribution in [0.3, 0.4) is 0 Å². The number of hydrogen-bond donors (Lipinski definition) is 0. The summed E-state index contributed by atoms with van der Waals surface area (Å²) in [5, 5.41) is 0. The van der Waals surface area contributed by atoms with Crippen molar-refractivity contribution >= 4 is 5.78 Å². The zero-order chi connectivity index (χ0) is 9.07. The molecule has 0 aliphatic rings. The molecule has 0 aliphatic heterocycles. The molecule has 0 aromatic heterocycles. The second kappa shape index (κ2) is 3.86. The minimum absolute atomic E-state index is 0.237. The van der Waals surface area contributed by atoms with E-state index in [1.165, 1.54) is 0 Å². The average molecular weight is 157 g/mol. The topological polar surface area (TPSA) is 20.3 Å². The van der Waals surface area contributed by atoms with Crippen LogP contribution >= 0.6 is 0 Å². The molecule has 0 radical (unpaired) electrons. The van der Waals surface area contributed by atoms with Crippen LogP contribution in [0, 0.1) is 0 Å². The van der Waals surface area contributed by atoms with Gasteiger partial charge in [0.15, 0.2) is 0 Å². The predicted octanol–water partition coefficient (Wildman–Crippen LogP) is 1.70. The Morgan fingerprint density at radius 3 is 1.73 bits per heavy atom. The van der Waals surface area contributed by atoms with E-state index in [-0.39, 0.29) is 11.3 Å². The van der Waals surface area contributed by atoms with Crippen molar-refractivity contribution in [2.24, 2.45) is 0 Å². The van der Waals surface area contributed by atoms with E-state index < -0.39 is 0 Å². The molecule has 0 spiro atoms. The van der Waals surface area contributed by atoms with Crippen LogP contribution < -0.4 is 0 Å². The van der Waals surface area contributed by atoms with Gasteiger partial charge in [-0.1, -0.05) is 13.8 Å². The molecule has 0 rings (SSSR count). The van der Waals surface area contributed by atoms with Crippen LogP contribution in [-0.2, 0) is 4.79 Å². The molecule has 0 atom stereocenters. The summed E-state index contributed by atoms with van der Waals surface area (Å²) in [5.74, 6) is 0.237. The third-order valence-corrected chi connectivity index (χ3v) is 2.42. The summed E-state index contributed by atoms with van der Waals surface area (Å²) < 4.78 is 0. The van der Waals surface area contributed by atoms with Gasteiger partial charge in [-0.05, 0) is 33.9 Å². The predicted molar refractivity (Wildman–Crippen MR) is 47.7 cm³/mol. The highest BCUT2D eigenvalue weighted by molar-refractivity contribution is 5.85. The molecule has 66 valence electrons. The van der Waals surface area contributed by atoms with E-state index in [1.54, 1.807) is 6.92 Å². The fourth-order valence-electron chi connectivity index (χ4n) is 1.24. The van der Waals surface area contributed by atoms with Crippen molar-refractivity contribution in [1.82, 2.24) is 4.90 Å². The summed E-state index contributed by atoms with van der Waals surface area (Å²) in [6, 6.07) is 0. The molecular weight excluding hydrogens is 138 g/mol. The van der Waals surface area contributed by atoms with Gasteiger partial charge in [0, 0.05) is 0 Å². The normalized spacial score (nSPS) is 12.2. The van der Waals surface area contributed by atoms with E-state index in [4.69, 9.17) is 0 Å². The van der Waals surface area contributed by atoms with E-state index in [0.717, 1.165) is 13.1 Å². The Morgan fingerprint density at radius 1 is 1.27 bits per heavy atom. The first kappa shape index (κ1) is 10.6. The Labute approximate surface area is 69.6 Å². The smallest absolute Gasteiger partial charge is 0.149 e. The van der Waals surface area contributed by atoms with Gasteiger partial charge in [0.25, 0.3) is 0 Å². The maximum absolute atomic E-state index is 11.2. The number of likely N-dealkylation sites (N-methyl/N-ethyl adjacent to an activating group) is 1. The van der Waals surface area contributed by atoms with Gasteiger partial charge >= 0.3 is 0 Å². The Kier molecular flexibility index (Phi) is 3.73. The molecule has 2 heteroatoms. The van der Waals surface area contributed by atoms with Crippen molar-refractivity contribution in [3.8, 4) is 0 Å². The Morgan fingerprint density at radius 2 is 1.64 bits per heavy atom. The first-order valence-electron chi connectivity index (χ1n) is 4.22. The first-order valence-corrected chi connectivity index (χ1v) is 4.22. The number of hydrogen-bond acceptors (Lipinski definition) is 2. The van der Waals surface area contributed by atoms with Gasteiger partial charge in [-0.3, -0.25) is 9.69 Å². The maximum atomic E-state index is 11.2. The molecule has 0 aromatic rings. The summed E-state index contributed by atoms with van der Waals surface area (Å²) in [4.78, 5) is 13.3. The van der Waals surface area contributed by atoms with Gasteiger partial charge in [0.1, 0.15) is 5.78 Å². The summed E-state index contributed by atoms with van der Waals surface area (Å²) in [6.07, 6.45) is 0. The average Bonchev–Trinajstić information content (AvgIpc) is 1.89. The second-order valence-corrected chi connectivity index (χ2v) is 3.29. The summed E-state index contributed by atoms with van der Waals surface area (Å²) >= 11 is 0. The second-order valence-electron chi connectivity index (χ2n) is 3.29. The molecule has 0 fully saturated rings. The fourth-order valence-corrected chi connectivity index (χ4v) is 1.24. The van der Waals surface area contributed by atoms with Crippen molar-refractivity contribution in [3.05, 3.63) is 0 Å². The van der Waals surface area contributed by atoms with E-state index in [9.17, 15) is 4.79 Å². The molecule has 0 aromatic carbocycles. The highest BCUT2D eigenvalue weighted by atomic mass is 16.1. The minimum Gasteiger partial charge on any atom is -0.298 e. The van der Waals surface area contributed by atoms with Crippen LogP contribution in [0.4, 0.5) is 0 Å². The Balaban J connectivity index is 4.36. The zero-order valence-electron chi connectivity index (χ0n) is 8.27. The number of carbonyl (C=O) groups is 1. The van der Waals surface area contributed by atoms with Crippen molar-refractivity contribution in [2.75, 3.05) is 13.1 Å². The summed E-state index contributed by atoms with van der Waals surface area (Å²) in [6.45, 7) is 11.6. The Bertz CT molecular complexity index is 136. The van der Waals surface area contributed by atoms with Gasteiger partial charge in [-0.15, -0.1) is 0 Å². The van der Waals surface area contributed by atoms with E-state index in [2.05, 4.69) is 18.7 Å². The van der Waals surface area contributed by atoms with Crippen molar-refractivity contribution in [2.45, 2.75) is 40.2 Å². The van der Waals surface area contributed by atoms with Crippen LogP contribution in [0.25, 0.3) is 0 Å². The molecule has 0 amide bonds. The van der Waals surface area contributed by atoms with Crippen molar-refractivity contribution in [1.29, 1.82) is 0 Å². The number of carbonyl (C=O) groups excluding carboxylic acids is 1. The number of ketones is 1. The lowest BCUT2D eigenvalue weighted by atomic mass is 9.98. The van der Waals surface area contributed by atoms with Crippen molar-refractivity contribution in [3.63, 3.8) is 0 Å². The third-order valence-electron chi connectivity index (χ3n) is 2.42. The van der Waals surface area contributed by atoms with Crippen LogP contribution in [-0.4, -0.2) is 29.3 Å². The van der Waals surface area contributed by atoms with Crippen LogP contribution in [0.1, 0.15) is 34.6 Å². The highest BCUT2D eigenvalue weighted by Gasteiger charge is 2.28. The van der Waals surface area contributed by atoms with E-state index in [1.807, 2.05) is 13.8 Å². The lowest BCUT2D eigenvalue weighted by Gasteiger charge is -2.34. The molecule has 0 heterocycles. The molecular formula is C9H19NO. The van der Waals surface area contributed by atoms with Gasteiger partial charge in [-0.2, -0.15) is 0 Å². The van der Waals surface area contributed by atoms with Crippen molar-refractivity contribution < 1.29 is 4.79 Å². The molecule has 0 aliphatic carbocycles. The highest BCUT2D eigenvalue weighted by Crippen LogP contribution is 2.14. The number of Topliss-reactive ketones (excluding diaryl/α,β-unsaturated/α-hetero) is 1. The zero-order valence-corrected chi connectivity index (χ0v) is 8.27. The van der Waals surface area contributed by atoms with Crippen LogP contribution in [0.2, 0.25) is 0 Å². The van der Waals surface area contributed by atoms with Crippen LogP contribution in [0.15, 0.2) is 0 Å². The van der Waals surface area contributed by atoms with E-state index >= 15 is 0 Å². The van der Waals surface area contributed by atoms with E-state index in [0.29, 0.717) is 0 Å². The first-order chi connectivity index (χ1) is 4.96. The number of nitrogens with zero attached hydrogens (tertiary/aromatic N) is 1. The lowest BCUT2D eigenvalue weighted by molar-refractivity contribution is -0.127. The minimum atomic E-state index is -0.288. The largest absolute Gasteiger partial charge is 0.298 e. The van der Waals surface area contributed by atoms with Gasteiger partial charge in [-0.25, -0.2) is 0 Å². The molecule has 0 bridgehead atoms. The molecule has 0 unspecified atom stereocenters. The lowest BCUT2D eigenvalue weighted by Crippen LogP contribution is -2.48. The fraction of sp³-hybridized carbons (Fsp3) is 0.889. The monoisotopic (exact) mass is 157 g/mol. The SMILES string of the molecule is CCN(CC)C(C)(C)C(C)=O. The van der Waals surface area contributed by atoms with Gasteiger partial charge in [0.2, 0.25) is 0 Å². The maximum Gasteiger partial charge on any atom is 0.149 e. The molecule has 0 saturated carbocycles. The van der Waals surface area contributed by atoms with Crippen LogP contribution in [0.5, 0.6) is 0 Å². The quantitative estimate of drug-likeness (QED) is 0.619. The molecule has 11 heavy (non-hydrogen) atoms. The van der Waals surface area contributed by atoms with Gasteiger partial charge in [0.05, 0.1) is 5.54 Å². The standard InChI is InChI=1S/C9H19NO/c1-6-10(7-2)9(4,5)8(3)11/h6-7H2,1-5H3. The number of rotatable bonds is 4. The molecule has 0 N–H and O–H groups in total.